The molecule has 0 aliphatic rings. The van der Waals surface area contributed by atoms with Gasteiger partial charge < -0.3 is 9.47 Å². The Morgan fingerprint density at radius 2 is 1.78 bits per heavy atom. The number of hydrogen-bond acceptors (Lipinski definition) is 3. The molecule has 1 aromatic rings. The molecule has 0 atom stereocenters. The summed E-state index contributed by atoms with van der Waals surface area (Å²) in [4.78, 5) is 11.3. The number of allylic oxidation sites excluding steroid dienone is 5. The van der Waals surface area contributed by atoms with Crippen LogP contribution in [0.4, 0.5) is 13.2 Å². The van der Waals surface area contributed by atoms with E-state index in [1.54, 1.807) is 6.08 Å². The van der Waals surface area contributed by atoms with Crippen LogP contribution in [-0.4, -0.2) is 25.9 Å². The maximum atomic E-state index is 13.2. The minimum absolute atomic E-state index is 0.229. The quantitative estimate of drug-likeness (QED) is 0.158. The van der Waals surface area contributed by atoms with Crippen molar-refractivity contribution in [3.63, 3.8) is 0 Å². The van der Waals surface area contributed by atoms with Crippen LogP contribution in [0.1, 0.15) is 82.9 Å². The standard InChI is InChI=1S/C26H35F3O3/c1-8-9-13-32-25-22(18(4)5)14-20(17(2)3)15-23(25)19(6)11-10-12-21(26(27,28)29)16-24(30)31-7/h10-12,14-18H,8-9,13H2,1-7H3. The van der Waals surface area contributed by atoms with Gasteiger partial charge in [-0.15, -0.1) is 0 Å². The average molecular weight is 453 g/mol. The van der Waals surface area contributed by atoms with Gasteiger partial charge >= 0.3 is 12.1 Å². The van der Waals surface area contributed by atoms with Gasteiger partial charge in [0, 0.05) is 11.6 Å². The van der Waals surface area contributed by atoms with E-state index in [1.165, 1.54) is 6.08 Å². The number of carbonyl (C=O) groups is 1. The number of rotatable bonds is 10. The van der Waals surface area contributed by atoms with Crippen molar-refractivity contribution in [1.29, 1.82) is 0 Å². The van der Waals surface area contributed by atoms with Crippen molar-refractivity contribution in [3.05, 3.63) is 58.7 Å². The minimum atomic E-state index is -4.66. The van der Waals surface area contributed by atoms with Crippen molar-refractivity contribution in [3.8, 4) is 5.75 Å². The normalized spacial score (nSPS) is 13.4. The predicted molar refractivity (Wildman–Crippen MR) is 124 cm³/mol. The molecule has 1 aromatic carbocycles. The molecule has 0 amide bonds. The summed E-state index contributed by atoms with van der Waals surface area (Å²) in [7, 11) is 1.04. The summed E-state index contributed by atoms with van der Waals surface area (Å²) in [5, 5.41) is 0. The number of esters is 1. The lowest BCUT2D eigenvalue weighted by atomic mass is 9.89. The zero-order valence-electron chi connectivity index (χ0n) is 20.1. The van der Waals surface area contributed by atoms with Gasteiger partial charge in [-0.2, -0.15) is 13.2 Å². The Morgan fingerprint density at radius 3 is 2.28 bits per heavy atom. The Kier molecular flexibility index (Phi) is 10.8. The Labute approximate surface area is 190 Å². The molecule has 0 fully saturated rings. The van der Waals surface area contributed by atoms with Crippen molar-refractivity contribution in [2.24, 2.45) is 0 Å². The first-order valence-electron chi connectivity index (χ1n) is 10.9. The van der Waals surface area contributed by atoms with E-state index in [-0.39, 0.29) is 5.92 Å². The minimum Gasteiger partial charge on any atom is -0.493 e. The van der Waals surface area contributed by atoms with E-state index in [0.717, 1.165) is 54.0 Å². The van der Waals surface area contributed by atoms with Crippen molar-refractivity contribution >= 4 is 11.5 Å². The lowest BCUT2D eigenvalue weighted by molar-refractivity contribution is -0.135. The Bertz CT molecular complexity index is 860. The van der Waals surface area contributed by atoms with Crippen LogP contribution < -0.4 is 4.74 Å². The SMILES string of the molecule is CCCCOc1c(C(C)=CC=CC(=CC(=O)OC)C(F)(F)F)cc(C(C)C)cc1C(C)C. The van der Waals surface area contributed by atoms with Gasteiger partial charge in [0.15, 0.2) is 0 Å². The lowest BCUT2D eigenvalue weighted by Gasteiger charge is -2.21. The maximum absolute atomic E-state index is 13.2. The van der Waals surface area contributed by atoms with Crippen molar-refractivity contribution in [2.75, 3.05) is 13.7 Å². The lowest BCUT2D eigenvalue weighted by Crippen LogP contribution is -2.12. The topological polar surface area (TPSA) is 35.5 Å². The second-order valence-electron chi connectivity index (χ2n) is 8.33. The van der Waals surface area contributed by atoms with Gasteiger partial charge in [0.2, 0.25) is 0 Å². The summed E-state index contributed by atoms with van der Waals surface area (Å²) in [5.41, 5.74) is 2.79. The average Bonchev–Trinajstić information content (AvgIpc) is 2.71. The third-order valence-corrected chi connectivity index (χ3v) is 5.02. The number of alkyl halides is 3. The highest BCUT2D eigenvalue weighted by molar-refractivity contribution is 5.83. The second kappa shape index (κ2) is 12.5. The number of halogens is 3. The van der Waals surface area contributed by atoms with Crippen LogP contribution in [0.2, 0.25) is 0 Å². The van der Waals surface area contributed by atoms with Crippen LogP contribution in [0.15, 0.2) is 42.0 Å². The van der Waals surface area contributed by atoms with E-state index in [2.05, 4.69) is 45.4 Å². The molecule has 0 aliphatic heterocycles. The molecule has 0 unspecified atom stereocenters. The summed E-state index contributed by atoms with van der Waals surface area (Å²) >= 11 is 0. The Balaban J connectivity index is 3.49. The van der Waals surface area contributed by atoms with Gasteiger partial charge in [-0.3, -0.25) is 0 Å². The molecule has 0 aliphatic carbocycles. The zero-order chi connectivity index (χ0) is 24.5. The summed E-state index contributed by atoms with van der Waals surface area (Å²) in [5.74, 6) is 0.244. The number of unbranched alkanes of at least 4 members (excludes halogenated alkanes) is 1. The van der Waals surface area contributed by atoms with Gasteiger partial charge in [0.05, 0.1) is 19.3 Å². The molecule has 1 rings (SSSR count). The fourth-order valence-electron chi connectivity index (χ4n) is 3.01. The molecule has 0 aromatic heterocycles. The molecule has 178 valence electrons. The molecular formula is C26H35F3O3. The zero-order valence-corrected chi connectivity index (χ0v) is 20.1. The van der Waals surface area contributed by atoms with Gasteiger partial charge in [-0.25, -0.2) is 4.79 Å². The van der Waals surface area contributed by atoms with E-state index in [1.807, 2.05) is 13.0 Å². The number of methoxy groups -OCH3 is 1. The molecule has 32 heavy (non-hydrogen) atoms. The largest absolute Gasteiger partial charge is 0.493 e. The smallest absolute Gasteiger partial charge is 0.416 e. The van der Waals surface area contributed by atoms with Crippen molar-refractivity contribution in [1.82, 2.24) is 0 Å². The first-order valence-corrected chi connectivity index (χ1v) is 10.9. The Morgan fingerprint density at radius 1 is 1.12 bits per heavy atom. The fraction of sp³-hybridized carbons (Fsp3) is 0.500. The van der Waals surface area contributed by atoms with Gasteiger partial charge in [0.1, 0.15) is 5.75 Å². The summed E-state index contributed by atoms with van der Waals surface area (Å²) in [6, 6.07) is 4.20. The highest BCUT2D eigenvalue weighted by Crippen LogP contribution is 2.38. The molecule has 0 bridgehead atoms. The maximum Gasteiger partial charge on any atom is 0.416 e. The summed E-state index contributed by atoms with van der Waals surface area (Å²) in [6.07, 6.45) is 1.46. The third-order valence-electron chi connectivity index (χ3n) is 5.02. The highest BCUT2D eigenvalue weighted by atomic mass is 19.4. The predicted octanol–water partition coefficient (Wildman–Crippen LogP) is 7.73. The first-order chi connectivity index (χ1) is 14.9. The van der Waals surface area contributed by atoms with Crippen molar-refractivity contribution in [2.45, 2.75) is 72.4 Å². The molecule has 6 heteroatoms. The van der Waals surface area contributed by atoms with Crippen LogP contribution in [0.25, 0.3) is 5.57 Å². The molecule has 0 N–H and O–H groups in total. The first kappa shape index (κ1) is 27.5. The number of hydrogen-bond donors (Lipinski definition) is 0. The van der Waals surface area contributed by atoms with Crippen LogP contribution in [0.3, 0.4) is 0 Å². The third kappa shape index (κ3) is 8.21. The fourth-order valence-corrected chi connectivity index (χ4v) is 3.01. The van der Waals surface area contributed by atoms with E-state index in [4.69, 9.17) is 4.74 Å². The molecule has 3 nitrogen and oxygen atoms in total. The van der Waals surface area contributed by atoms with E-state index >= 15 is 0 Å². The summed E-state index contributed by atoms with van der Waals surface area (Å²) < 4.78 is 50.1. The molecule has 0 heterocycles. The highest BCUT2D eigenvalue weighted by Gasteiger charge is 2.32. The van der Waals surface area contributed by atoms with Crippen LogP contribution in [0, 0.1) is 0 Å². The molecular weight excluding hydrogens is 417 g/mol. The monoisotopic (exact) mass is 452 g/mol. The summed E-state index contributed by atoms with van der Waals surface area (Å²) in [6.45, 7) is 12.9. The Hall–Kier alpha value is -2.50. The number of benzene rings is 1. The van der Waals surface area contributed by atoms with Crippen LogP contribution in [0.5, 0.6) is 5.75 Å². The number of ether oxygens (including phenoxy) is 2. The molecule has 0 spiro atoms. The van der Waals surface area contributed by atoms with Gasteiger partial charge in [0.25, 0.3) is 0 Å². The molecule has 0 saturated carbocycles. The van der Waals surface area contributed by atoms with Gasteiger partial charge in [-0.1, -0.05) is 59.3 Å². The molecule has 0 radical (unpaired) electrons. The van der Waals surface area contributed by atoms with Crippen LogP contribution >= 0.6 is 0 Å². The van der Waals surface area contributed by atoms with Crippen molar-refractivity contribution < 1.29 is 27.4 Å². The van der Waals surface area contributed by atoms with E-state index in [0.29, 0.717) is 18.6 Å². The van der Waals surface area contributed by atoms with Crippen LogP contribution in [-0.2, 0) is 9.53 Å². The second-order valence-corrected chi connectivity index (χ2v) is 8.33. The van der Waals surface area contributed by atoms with E-state index < -0.39 is 17.7 Å². The van der Waals surface area contributed by atoms with Gasteiger partial charge in [-0.05, 0) is 54.0 Å². The number of carbonyl (C=O) groups excluding carboxylic acids is 1. The molecule has 0 saturated heterocycles. The van der Waals surface area contributed by atoms with E-state index in [9.17, 15) is 18.0 Å².